The molecule has 0 aliphatic carbocycles. The van der Waals surface area contributed by atoms with E-state index in [0.717, 1.165) is 0 Å². The monoisotopic (exact) mass is 278 g/mol. The zero-order valence-corrected chi connectivity index (χ0v) is 10.2. The van der Waals surface area contributed by atoms with E-state index in [1.54, 1.807) is 12.1 Å². The van der Waals surface area contributed by atoms with Gasteiger partial charge in [-0.2, -0.15) is 0 Å². The van der Waals surface area contributed by atoms with Crippen molar-refractivity contribution in [1.82, 2.24) is 9.97 Å². The van der Waals surface area contributed by atoms with Crippen molar-refractivity contribution < 1.29 is 19.4 Å². The molecule has 1 aromatic heterocycles. The van der Waals surface area contributed by atoms with Gasteiger partial charge in [-0.1, -0.05) is 11.6 Å². The van der Waals surface area contributed by atoms with Gasteiger partial charge in [-0.05, 0) is 30.3 Å². The lowest BCUT2D eigenvalue weighted by Crippen LogP contribution is -2.15. The fraction of sp³-hybridized carbons (Fsp3) is 0. The number of halogens is 1. The van der Waals surface area contributed by atoms with Gasteiger partial charge in [0.05, 0.1) is 0 Å². The van der Waals surface area contributed by atoms with Crippen LogP contribution in [-0.2, 0) is 0 Å². The molecule has 0 bridgehead atoms. The highest BCUT2D eigenvalue weighted by Crippen LogP contribution is 2.16. The maximum Gasteiger partial charge on any atom is 0.381 e. The second kappa shape index (κ2) is 5.45. The van der Waals surface area contributed by atoms with Gasteiger partial charge in [-0.3, -0.25) is 0 Å². The summed E-state index contributed by atoms with van der Waals surface area (Å²) in [5, 5.41) is 9.26. The number of hydrogen-bond donors (Lipinski definition) is 1. The number of carboxylic acid groups (broad SMARTS) is 1. The van der Waals surface area contributed by atoms with E-state index in [1.807, 2.05) is 0 Å². The Morgan fingerprint density at radius 1 is 1.16 bits per heavy atom. The van der Waals surface area contributed by atoms with E-state index in [0.29, 0.717) is 5.02 Å². The summed E-state index contributed by atoms with van der Waals surface area (Å²) in [6.07, 6.45) is 1.18. The average Bonchev–Trinajstić information content (AvgIpc) is 2.41. The van der Waals surface area contributed by atoms with Gasteiger partial charge in [0, 0.05) is 11.2 Å². The highest BCUT2D eigenvalue weighted by atomic mass is 35.5. The number of carboxylic acids is 1. The van der Waals surface area contributed by atoms with Crippen LogP contribution in [0.1, 0.15) is 21.1 Å². The zero-order chi connectivity index (χ0) is 13.8. The molecule has 0 fully saturated rings. The Bertz CT molecular complexity index is 628. The van der Waals surface area contributed by atoms with Crippen LogP contribution in [0.25, 0.3) is 0 Å². The summed E-state index contributed by atoms with van der Waals surface area (Å²) >= 11 is 5.69. The Morgan fingerprint density at radius 3 is 2.47 bits per heavy atom. The first kappa shape index (κ1) is 13.0. The number of rotatable bonds is 3. The van der Waals surface area contributed by atoms with Gasteiger partial charge in [0.15, 0.2) is 5.69 Å². The molecule has 1 N–H and O–H groups in total. The molecule has 0 unspecified atom stereocenters. The van der Waals surface area contributed by atoms with Crippen molar-refractivity contribution in [2.75, 3.05) is 0 Å². The smallest absolute Gasteiger partial charge is 0.381 e. The number of ether oxygens (including phenoxy) is 1. The maximum absolute atomic E-state index is 11.7. The average molecular weight is 279 g/mol. The Labute approximate surface area is 112 Å². The number of carbonyl (C=O) groups excluding carboxylic acids is 1. The first-order valence-electron chi connectivity index (χ1n) is 5.10. The van der Waals surface area contributed by atoms with E-state index in [9.17, 15) is 9.59 Å². The summed E-state index contributed by atoms with van der Waals surface area (Å²) in [4.78, 5) is 29.7. The van der Waals surface area contributed by atoms with E-state index in [4.69, 9.17) is 21.4 Å². The summed E-state index contributed by atoms with van der Waals surface area (Å²) < 4.78 is 4.97. The second-order valence-electron chi connectivity index (χ2n) is 3.41. The van der Waals surface area contributed by atoms with Crippen molar-refractivity contribution in [3.05, 3.63) is 53.1 Å². The molecule has 6 nitrogen and oxygen atoms in total. The molecule has 1 aromatic carbocycles. The number of esters is 1. The van der Waals surface area contributed by atoms with Gasteiger partial charge >= 0.3 is 11.9 Å². The van der Waals surface area contributed by atoms with Crippen molar-refractivity contribution in [1.29, 1.82) is 0 Å². The summed E-state index contributed by atoms with van der Waals surface area (Å²) in [7, 11) is 0. The lowest BCUT2D eigenvalue weighted by Gasteiger charge is -2.03. The van der Waals surface area contributed by atoms with Crippen molar-refractivity contribution in [2.24, 2.45) is 0 Å². The molecule has 0 atom stereocenters. The molecule has 96 valence electrons. The van der Waals surface area contributed by atoms with Crippen LogP contribution in [0.3, 0.4) is 0 Å². The van der Waals surface area contributed by atoms with Gasteiger partial charge in [0.25, 0.3) is 0 Å². The number of hydrogen-bond acceptors (Lipinski definition) is 5. The minimum Gasteiger partial charge on any atom is -0.477 e. The van der Waals surface area contributed by atoms with E-state index in [2.05, 4.69) is 9.97 Å². The molecular weight excluding hydrogens is 272 g/mol. The highest BCUT2D eigenvalue weighted by molar-refractivity contribution is 6.30. The van der Waals surface area contributed by atoms with Gasteiger partial charge in [-0.15, -0.1) is 0 Å². The number of carbonyl (C=O) groups is 2. The molecular formula is C12H7ClN2O4. The predicted molar refractivity (Wildman–Crippen MR) is 65.4 cm³/mol. The molecule has 0 radical (unpaired) electrons. The van der Waals surface area contributed by atoms with Crippen LogP contribution in [0.15, 0.2) is 36.5 Å². The molecule has 0 spiro atoms. The summed E-state index contributed by atoms with van der Waals surface area (Å²) in [6.45, 7) is 0. The van der Waals surface area contributed by atoms with Crippen molar-refractivity contribution in [2.45, 2.75) is 0 Å². The molecule has 2 aromatic rings. The third-order valence-electron chi connectivity index (χ3n) is 2.08. The SMILES string of the molecule is O=C(O)c1ccnc(C(=O)Oc2ccc(Cl)cc2)n1. The largest absolute Gasteiger partial charge is 0.477 e. The van der Waals surface area contributed by atoms with E-state index in [-0.39, 0.29) is 17.3 Å². The van der Waals surface area contributed by atoms with Crippen molar-refractivity contribution in [3.8, 4) is 5.75 Å². The lowest BCUT2D eigenvalue weighted by molar-refractivity contribution is 0.0688. The Balaban J connectivity index is 2.18. The molecule has 0 saturated carbocycles. The summed E-state index contributed by atoms with van der Waals surface area (Å²) in [5.74, 6) is -2.15. The topological polar surface area (TPSA) is 89.4 Å². The first-order valence-corrected chi connectivity index (χ1v) is 5.48. The van der Waals surface area contributed by atoms with Crippen LogP contribution in [0, 0.1) is 0 Å². The number of nitrogens with zero attached hydrogens (tertiary/aromatic N) is 2. The van der Waals surface area contributed by atoms with Gasteiger partial charge in [0.1, 0.15) is 5.75 Å². The standard InChI is InChI=1S/C12H7ClN2O4/c13-7-1-3-8(4-2-7)19-12(18)10-14-6-5-9(15-10)11(16)17/h1-6H,(H,16,17). The molecule has 0 aliphatic rings. The molecule has 19 heavy (non-hydrogen) atoms. The van der Waals surface area contributed by atoms with Gasteiger partial charge in [0.2, 0.25) is 5.82 Å². The Kier molecular flexibility index (Phi) is 3.72. The number of benzene rings is 1. The van der Waals surface area contributed by atoms with Gasteiger partial charge < -0.3 is 9.84 Å². The Hall–Kier alpha value is -2.47. The molecule has 7 heteroatoms. The normalized spacial score (nSPS) is 9.95. The third kappa shape index (κ3) is 3.26. The van der Waals surface area contributed by atoms with Gasteiger partial charge in [-0.25, -0.2) is 19.6 Å². The summed E-state index contributed by atoms with van der Waals surface area (Å²) in [5.41, 5.74) is -0.280. The van der Waals surface area contributed by atoms with E-state index >= 15 is 0 Å². The second-order valence-corrected chi connectivity index (χ2v) is 3.85. The van der Waals surface area contributed by atoms with Crippen LogP contribution in [0.5, 0.6) is 5.75 Å². The minimum absolute atomic E-state index is 0.263. The fourth-order valence-electron chi connectivity index (χ4n) is 1.23. The number of aromatic carboxylic acids is 1. The predicted octanol–water partition coefficient (Wildman–Crippen LogP) is 2.05. The van der Waals surface area contributed by atoms with Crippen molar-refractivity contribution >= 4 is 23.5 Å². The number of aromatic nitrogens is 2. The molecule has 0 saturated heterocycles. The van der Waals surface area contributed by atoms with Crippen LogP contribution < -0.4 is 4.74 Å². The van der Waals surface area contributed by atoms with E-state index < -0.39 is 11.9 Å². The van der Waals surface area contributed by atoms with Crippen LogP contribution in [-0.4, -0.2) is 27.0 Å². The highest BCUT2D eigenvalue weighted by Gasteiger charge is 2.15. The van der Waals surface area contributed by atoms with Crippen LogP contribution >= 0.6 is 11.6 Å². The van der Waals surface area contributed by atoms with E-state index in [1.165, 1.54) is 24.4 Å². The quantitative estimate of drug-likeness (QED) is 0.683. The molecule has 0 amide bonds. The third-order valence-corrected chi connectivity index (χ3v) is 2.33. The lowest BCUT2D eigenvalue weighted by atomic mass is 10.3. The zero-order valence-electron chi connectivity index (χ0n) is 9.41. The molecule has 2 rings (SSSR count). The molecule has 1 heterocycles. The van der Waals surface area contributed by atoms with Crippen molar-refractivity contribution in [3.63, 3.8) is 0 Å². The minimum atomic E-state index is -1.25. The van der Waals surface area contributed by atoms with Crippen LogP contribution in [0.4, 0.5) is 0 Å². The fourth-order valence-corrected chi connectivity index (χ4v) is 1.36. The Morgan fingerprint density at radius 2 is 1.84 bits per heavy atom. The first-order chi connectivity index (χ1) is 9.06. The maximum atomic E-state index is 11.7. The summed E-state index contributed by atoms with van der Waals surface area (Å²) in [6, 6.07) is 7.29. The molecule has 0 aliphatic heterocycles. The van der Waals surface area contributed by atoms with Crippen LogP contribution in [0.2, 0.25) is 5.02 Å².